The van der Waals surface area contributed by atoms with E-state index >= 15 is 0 Å². The number of hydrogen-bond acceptors (Lipinski definition) is 9. The van der Waals surface area contributed by atoms with E-state index in [1.54, 1.807) is 36.4 Å². The number of hydrogen-bond donors (Lipinski definition) is 3. The van der Waals surface area contributed by atoms with Crippen molar-refractivity contribution in [3.05, 3.63) is 64.2 Å². The van der Waals surface area contributed by atoms with Gasteiger partial charge in [-0.05, 0) is 73.6 Å². The number of amides is 3. The lowest BCUT2D eigenvalue weighted by Gasteiger charge is -2.32. The van der Waals surface area contributed by atoms with Gasteiger partial charge in [-0.2, -0.15) is 4.37 Å². The molecule has 0 spiro atoms. The van der Waals surface area contributed by atoms with Gasteiger partial charge in [-0.1, -0.05) is 18.2 Å². The Morgan fingerprint density at radius 1 is 1.23 bits per heavy atom. The number of anilines is 2. The third-order valence-corrected chi connectivity index (χ3v) is 7.36. The lowest BCUT2D eigenvalue weighted by atomic mass is 10.0. The molecule has 0 unspecified atom stereocenters. The summed E-state index contributed by atoms with van der Waals surface area (Å²) in [5.74, 6) is -0.953. The predicted molar refractivity (Wildman–Crippen MR) is 152 cm³/mol. The number of rotatable bonds is 11. The lowest BCUT2D eigenvalue weighted by molar-refractivity contribution is -0.123. The molecule has 40 heavy (non-hydrogen) atoms. The van der Waals surface area contributed by atoms with Crippen LogP contribution in [0.3, 0.4) is 0 Å². The van der Waals surface area contributed by atoms with Crippen LogP contribution >= 0.6 is 11.5 Å². The van der Waals surface area contributed by atoms with E-state index in [0.717, 1.165) is 29.9 Å². The molecule has 0 bridgehead atoms. The fraction of sp³-hybridized carbons (Fsp3) is 0.357. The van der Waals surface area contributed by atoms with Crippen molar-refractivity contribution >= 4 is 40.6 Å². The normalized spacial score (nSPS) is 15.3. The van der Waals surface area contributed by atoms with Crippen molar-refractivity contribution in [3.8, 4) is 11.5 Å². The molecular weight excluding hydrogens is 534 g/mol. The maximum absolute atomic E-state index is 14.3. The second kappa shape index (κ2) is 12.8. The first kappa shape index (κ1) is 28.8. The van der Waals surface area contributed by atoms with Crippen LogP contribution in [0, 0.1) is 6.92 Å². The number of aromatic nitrogens is 1. The number of nitrogens with one attached hydrogen (secondary N) is 1. The number of nitrogen functional groups attached to an aromatic ring is 1. The highest BCUT2D eigenvalue weighted by Gasteiger charge is 2.38. The van der Waals surface area contributed by atoms with Crippen LogP contribution in [0.2, 0.25) is 0 Å². The SMILES string of the molecule is CCOc1ccc([C@@H](C(=O)NC[C@H]2CCCO2)N(C(=O)c2snc(C(N)=O)c2N)c2cc(C)ccc2OC)cc1. The van der Waals surface area contributed by atoms with E-state index in [-0.39, 0.29) is 28.9 Å². The van der Waals surface area contributed by atoms with Gasteiger partial charge < -0.3 is 31.0 Å². The van der Waals surface area contributed by atoms with Crippen molar-refractivity contribution in [1.82, 2.24) is 9.69 Å². The maximum Gasteiger partial charge on any atom is 0.273 e. The summed E-state index contributed by atoms with van der Waals surface area (Å²) in [6, 6.07) is 11.1. The molecule has 0 radical (unpaired) electrons. The van der Waals surface area contributed by atoms with Crippen molar-refractivity contribution in [2.75, 3.05) is 37.5 Å². The van der Waals surface area contributed by atoms with E-state index in [9.17, 15) is 14.4 Å². The third-order valence-electron chi connectivity index (χ3n) is 6.51. The highest BCUT2D eigenvalue weighted by Crippen LogP contribution is 2.39. The molecule has 0 saturated carbocycles. The molecule has 2 aromatic carbocycles. The summed E-state index contributed by atoms with van der Waals surface area (Å²) >= 11 is 0.741. The highest BCUT2D eigenvalue weighted by atomic mass is 32.1. The van der Waals surface area contributed by atoms with E-state index in [1.807, 2.05) is 19.9 Å². The van der Waals surface area contributed by atoms with Crippen LogP contribution in [0.5, 0.6) is 11.5 Å². The first-order valence-corrected chi connectivity index (χ1v) is 13.7. The van der Waals surface area contributed by atoms with Crippen LogP contribution in [0.1, 0.15) is 57.1 Å². The first-order chi connectivity index (χ1) is 19.2. The number of ether oxygens (including phenoxy) is 3. The number of carbonyl (C=O) groups is 3. The zero-order valence-electron chi connectivity index (χ0n) is 22.6. The molecule has 1 fully saturated rings. The molecule has 1 saturated heterocycles. The van der Waals surface area contributed by atoms with E-state index in [1.165, 1.54) is 12.0 Å². The monoisotopic (exact) mass is 567 g/mol. The van der Waals surface area contributed by atoms with Crippen LogP contribution in [-0.4, -0.2) is 55.1 Å². The number of nitrogens with two attached hydrogens (primary N) is 2. The summed E-state index contributed by atoms with van der Waals surface area (Å²) in [7, 11) is 1.48. The number of benzene rings is 2. The van der Waals surface area contributed by atoms with Gasteiger partial charge in [0.05, 0.1) is 31.2 Å². The van der Waals surface area contributed by atoms with Gasteiger partial charge in [0.25, 0.3) is 11.8 Å². The summed E-state index contributed by atoms with van der Waals surface area (Å²) in [6.07, 6.45) is 1.63. The largest absolute Gasteiger partial charge is 0.495 e. The molecule has 3 aromatic rings. The zero-order chi connectivity index (χ0) is 28.8. The molecule has 0 aliphatic carbocycles. The summed E-state index contributed by atoms with van der Waals surface area (Å²) in [6.45, 7) is 5.14. The van der Waals surface area contributed by atoms with E-state index in [2.05, 4.69) is 9.69 Å². The minimum absolute atomic E-state index is 0.0276. The predicted octanol–water partition coefficient (Wildman–Crippen LogP) is 3.22. The van der Waals surface area contributed by atoms with Gasteiger partial charge in [0.2, 0.25) is 5.91 Å². The Bertz CT molecular complexity index is 1370. The number of nitrogens with zero attached hydrogens (tertiary/aromatic N) is 2. The zero-order valence-corrected chi connectivity index (χ0v) is 23.5. The number of primary amides is 1. The summed E-state index contributed by atoms with van der Waals surface area (Å²) in [5.41, 5.74) is 12.9. The summed E-state index contributed by atoms with van der Waals surface area (Å²) in [5, 5.41) is 2.96. The molecule has 1 aliphatic heterocycles. The van der Waals surface area contributed by atoms with Crippen LogP contribution in [0.25, 0.3) is 0 Å². The Kier molecular flexibility index (Phi) is 9.22. The third kappa shape index (κ3) is 6.18. The van der Waals surface area contributed by atoms with Crippen molar-refractivity contribution in [2.24, 2.45) is 5.73 Å². The molecule has 11 nitrogen and oxygen atoms in total. The summed E-state index contributed by atoms with van der Waals surface area (Å²) in [4.78, 5) is 41.5. The minimum atomic E-state index is -1.15. The molecular formula is C28H33N5O6S. The molecule has 2 heterocycles. The Balaban J connectivity index is 1.87. The Morgan fingerprint density at radius 3 is 2.58 bits per heavy atom. The maximum atomic E-state index is 14.3. The number of aryl methyl sites for hydroxylation is 1. The van der Waals surface area contributed by atoms with Crippen LogP contribution < -0.4 is 31.2 Å². The molecule has 2 atom stereocenters. The Labute approximate surface area is 236 Å². The Hall–Kier alpha value is -4.16. The lowest BCUT2D eigenvalue weighted by Crippen LogP contribution is -2.45. The first-order valence-electron chi connectivity index (χ1n) is 12.9. The number of carbonyl (C=O) groups excluding carboxylic acids is 3. The molecule has 1 aliphatic rings. The fourth-order valence-corrected chi connectivity index (χ4v) is 5.28. The highest BCUT2D eigenvalue weighted by molar-refractivity contribution is 7.09. The molecule has 5 N–H and O–H groups in total. The molecule has 212 valence electrons. The smallest absolute Gasteiger partial charge is 0.273 e. The van der Waals surface area contributed by atoms with E-state index in [0.29, 0.717) is 36.0 Å². The second-order valence-electron chi connectivity index (χ2n) is 9.27. The van der Waals surface area contributed by atoms with Gasteiger partial charge in [-0.3, -0.25) is 19.3 Å². The van der Waals surface area contributed by atoms with Gasteiger partial charge in [-0.15, -0.1) is 0 Å². The van der Waals surface area contributed by atoms with Gasteiger partial charge >= 0.3 is 0 Å². The van der Waals surface area contributed by atoms with Crippen molar-refractivity contribution in [1.29, 1.82) is 0 Å². The van der Waals surface area contributed by atoms with Gasteiger partial charge in [0.15, 0.2) is 5.69 Å². The van der Waals surface area contributed by atoms with Crippen molar-refractivity contribution < 1.29 is 28.6 Å². The molecule has 12 heteroatoms. The van der Waals surface area contributed by atoms with Crippen molar-refractivity contribution in [3.63, 3.8) is 0 Å². The van der Waals surface area contributed by atoms with Crippen LogP contribution in [0.15, 0.2) is 42.5 Å². The molecule has 4 rings (SSSR count). The van der Waals surface area contributed by atoms with Gasteiger partial charge in [-0.25, -0.2) is 0 Å². The average Bonchev–Trinajstić information content (AvgIpc) is 3.60. The summed E-state index contributed by atoms with van der Waals surface area (Å²) < 4.78 is 20.9. The quantitative estimate of drug-likeness (QED) is 0.318. The standard InChI is InChI=1S/C28H33N5O6S/c1-4-38-18-10-8-17(9-11-18)24(27(35)31-15-19-6-5-13-39-19)33(20-14-16(2)7-12-21(20)37-3)28(36)25-22(29)23(26(30)34)32-40-25/h7-12,14,19,24H,4-6,13,15,29H2,1-3H3,(H2,30,34)(H,31,35)/t19-,24+/m1/s1. The van der Waals surface area contributed by atoms with Gasteiger partial charge in [0, 0.05) is 13.2 Å². The fourth-order valence-electron chi connectivity index (χ4n) is 4.54. The minimum Gasteiger partial charge on any atom is -0.495 e. The van der Waals surface area contributed by atoms with Crippen LogP contribution in [-0.2, 0) is 9.53 Å². The van der Waals surface area contributed by atoms with E-state index in [4.69, 9.17) is 25.7 Å². The molecule has 1 aromatic heterocycles. The average molecular weight is 568 g/mol. The van der Waals surface area contributed by atoms with Crippen LogP contribution in [0.4, 0.5) is 11.4 Å². The van der Waals surface area contributed by atoms with Gasteiger partial charge in [0.1, 0.15) is 22.4 Å². The second-order valence-corrected chi connectivity index (χ2v) is 10.0. The molecule has 3 amide bonds. The van der Waals surface area contributed by atoms with Crippen molar-refractivity contribution in [2.45, 2.75) is 38.8 Å². The number of methoxy groups -OCH3 is 1. The topological polar surface area (TPSA) is 159 Å². The van der Waals surface area contributed by atoms with E-state index < -0.39 is 23.8 Å². The Morgan fingerprint density at radius 2 is 1.98 bits per heavy atom.